The molecule has 0 radical (unpaired) electrons. The Morgan fingerprint density at radius 1 is 1.50 bits per heavy atom. The van der Waals surface area contributed by atoms with E-state index in [4.69, 9.17) is 5.11 Å². The van der Waals surface area contributed by atoms with Crippen LogP contribution in [0.1, 0.15) is 11.7 Å². The van der Waals surface area contributed by atoms with Crippen molar-refractivity contribution in [2.45, 2.75) is 6.17 Å². The molecule has 0 heterocycles. The van der Waals surface area contributed by atoms with Crippen LogP contribution in [0.3, 0.4) is 0 Å². The van der Waals surface area contributed by atoms with Gasteiger partial charge in [0.25, 0.3) is 0 Å². The van der Waals surface area contributed by atoms with Gasteiger partial charge in [0.05, 0.1) is 0 Å². The van der Waals surface area contributed by atoms with Gasteiger partial charge in [0.2, 0.25) is 6.17 Å². The summed E-state index contributed by atoms with van der Waals surface area (Å²) in [6.45, 7) is 0. The highest BCUT2D eigenvalue weighted by Crippen LogP contribution is 2.25. The largest absolute Gasteiger partial charge is 0.479 e. The summed E-state index contributed by atoms with van der Waals surface area (Å²) < 4.78 is 13.4. The second-order valence-corrected chi connectivity index (χ2v) is 3.08. The van der Waals surface area contributed by atoms with Crippen LogP contribution >= 0.6 is 15.9 Å². The second-order valence-electron chi connectivity index (χ2n) is 2.22. The minimum atomic E-state index is -1.96. The van der Waals surface area contributed by atoms with E-state index < -0.39 is 12.1 Å². The highest BCUT2D eigenvalue weighted by molar-refractivity contribution is 9.10. The van der Waals surface area contributed by atoms with Crippen molar-refractivity contribution < 1.29 is 14.3 Å². The highest BCUT2D eigenvalue weighted by atomic mass is 79.9. The lowest BCUT2D eigenvalue weighted by Crippen LogP contribution is -2.06. The molecule has 0 fully saturated rings. The monoisotopic (exact) mass is 232 g/mol. The standard InChI is InChI=1S/C8H6BrFO2/c9-6-4-2-1-3-5(6)7(10)8(11)12/h1-4,7H,(H,11,12)/t7-/m1/s1. The van der Waals surface area contributed by atoms with E-state index in [0.29, 0.717) is 4.47 Å². The van der Waals surface area contributed by atoms with Crippen LogP contribution in [0.4, 0.5) is 4.39 Å². The van der Waals surface area contributed by atoms with E-state index in [1.807, 2.05) is 0 Å². The molecule has 1 aromatic rings. The van der Waals surface area contributed by atoms with Crippen LogP contribution < -0.4 is 0 Å². The Balaban J connectivity index is 3.02. The van der Waals surface area contributed by atoms with E-state index in [1.165, 1.54) is 6.07 Å². The lowest BCUT2D eigenvalue weighted by molar-refractivity contribution is -0.143. The van der Waals surface area contributed by atoms with E-state index in [2.05, 4.69) is 15.9 Å². The number of carboxylic acids is 1. The first-order valence-corrected chi connectivity index (χ1v) is 4.03. The highest BCUT2D eigenvalue weighted by Gasteiger charge is 2.19. The quantitative estimate of drug-likeness (QED) is 0.852. The van der Waals surface area contributed by atoms with E-state index in [9.17, 15) is 9.18 Å². The van der Waals surface area contributed by atoms with Crippen LogP contribution in [0.2, 0.25) is 0 Å². The molecule has 1 atom stereocenters. The Hall–Kier alpha value is -0.900. The van der Waals surface area contributed by atoms with Crippen LogP contribution in [0, 0.1) is 0 Å². The predicted molar refractivity (Wildman–Crippen MR) is 45.6 cm³/mol. The predicted octanol–water partition coefficient (Wildman–Crippen LogP) is 2.54. The molecule has 0 unspecified atom stereocenters. The minimum absolute atomic E-state index is 0.144. The number of hydrogen-bond acceptors (Lipinski definition) is 1. The van der Waals surface area contributed by atoms with E-state index >= 15 is 0 Å². The molecule has 0 bridgehead atoms. The van der Waals surface area contributed by atoms with Crippen LogP contribution in [0.15, 0.2) is 28.7 Å². The number of rotatable bonds is 2. The van der Waals surface area contributed by atoms with Gasteiger partial charge in [0, 0.05) is 10.0 Å². The Bertz CT molecular complexity index is 301. The molecular weight excluding hydrogens is 227 g/mol. The van der Waals surface area contributed by atoms with Gasteiger partial charge in [-0.3, -0.25) is 0 Å². The molecule has 0 saturated heterocycles. The average Bonchev–Trinajstić information content (AvgIpc) is 2.04. The van der Waals surface area contributed by atoms with E-state index in [0.717, 1.165) is 0 Å². The maximum atomic E-state index is 12.9. The van der Waals surface area contributed by atoms with Gasteiger partial charge in [-0.05, 0) is 6.07 Å². The minimum Gasteiger partial charge on any atom is -0.479 e. The third-order valence-electron chi connectivity index (χ3n) is 1.40. The Morgan fingerprint density at radius 3 is 2.58 bits per heavy atom. The zero-order chi connectivity index (χ0) is 9.14. The first kappa shape index (κ1) is 9.19. The van der Waals surface area contributed by atoms with Crippen molar-refractivity contribution in [3.8, 4) is 0 Å². The van der Waals surface area contributed by atoms with Crippen LogP contribution in [0.5, 0.6) is 0 Å². The topological polar surface area (TPSA) is 37.3 Å². The molecule has 2 nitrogen and oxygen atoms in total. The van der Waals surface area contributed by atoms with Crippen molar-refractivity contribution in [1.82, 2.24) is 0 Å². The molecule has 1 aromatic carbocycles. The normalized spacial score (nSPS) is 12.5. The van der Waals surface area contributed by atoms with Gasteiger partial charge in [-0.2, -0.15) is 0 Å². The lowest BCUT2D eigenvalue weighted by Gasteiger charge is -2.04. The maximum absolute atomic E-state index is 12.9. The van der Waals surface area contributed by atoms with E-state index in [-0.39, 0.29) is 5.56 Å². The van der Waals surface area contributed by atoms with Gasteiger partial charge in [0.1, 0.15) is 0 Å². The van der Waals surface area contributed by atoms with Gasteiger partial charge < -0.3 is 5.11 Å². The number of benzene rings is 1. The third-order valence-corrected chi connectivity index (χ3v) is 2.12. The first-order chi connectivity index (χ1) is 5.63. The summed E-state index contributed by atoms with van der Waals surface area (Å²) in [6.07, 6.45) is -1.96. The van der Waals surface area contributed by atoms with Gasteiger partial charge in [-0.15, -0.1) is 0 Å². The molecule has 0 saturated carbocycles. The lowest BCUT2D eigenvalue weighted by atomic mass is 10.1. The molecule has 1 rings (SSSR count). The van der Waals surface area contributed by atoms with Crippen molar-refractivity contribution in [2.75, 3.05) is 0 Å². The Labute approximate surface area is 77.2 Å². The summed E-state index contributed by atoms with van der Waals surface area (Å²) in [5, 5.41) is 8.36. The summed E-state index contributed by atoms with van der Waals surface area (Å²) in [4.78, 5) is 10.3. The van der Waals surface area contributed by atoms with Crippen molar-refractivity contribution in [3.05, 3.63) is 34.3 Å². The number of aliphatic carboxylic acids is 1. The second kappa shape index (κ2) is 3.67. The van der Waals surface area contributed by atoms with Crippen molar-refractivity contribution >= 4 is 21.9 Å². The average molecular weight is 233 g/mol. The number of carboxylic acid groups (broad SMARTS) is 1. The molecule has 0 aliphatic carbocycles. The zero-order valence-corrected chi connectivity index (χ0v) is 7.58. The van der Waals surface area contributed by atoms with Gasteiger partial charge in [-0.25, -0.2) is 9.18 Å². The summed E-state index contributed by atoms with van der Waals surface area (Å²) in [5.41, 5.74) is 0.144. The molecule has 4 heteroatoms. The van der Waals surface area contributed by atoms with Crippen molar-refractivity contribution in [1.29, 1.82) is 0 Å². The Kier molecular flexibility index (Phi) is 2.81. The summed E-state index contributed by atoms with van der Waals surface area (Å²) >= 11 is 3.06. The SMILES string of the molecule is O=C(O)[C@H](F)c1ccccc1Br. The molecule has 0 amide bonds. The fourth-order valence-electron chi connectivity index (χ4n) is 0.814. The smallest absolute Gasteiger partial charge is 0.343 e. The Morgan fingerprint density at radius 2 is 2.08 bits per heavy atom. The maximum Gasteiger partial charge on any atom is 0.343 e. The van der Waals surface area contributed by atoms with Crippen molar-refractivity contribution in [2.24, 2.45) is 0 Å². The van der Waals surface area contributed by atoms with Crippen molar-refractivity contribution in [3.63, 3.8) is 0 Å². The molecule has 12 heavy (non-hydrogen) atoms. The molecule has 0 aliphatic rings. The number of hydrogen-bond donors (Lipinski definition) is 1. The summed E-state index contributed by atoms with van der Waals surface area (Å²) in [5.74, 6) is -1.47. The zero-order valence-electron chi connectivity index (χ0n) is 6.00. The molecule has 0 spiro atoms. The fraction of sp³-hybridized carbons (Fsp3) is 0.125. The van der Waals surface area contributed by atoms with Crippen LogP contribution in [-0.4, -0.2) is 11.1 Å². The summed E-state index contributed by atoms with van der Waals surface area (Å²) in [6, 6.07) is 6.32. The summed E-state index contributed by atoms with van der Waals surface area (Å²) in [7, 11) is 0. The van der Waals surface area contributed by atoms with E-state index in [1.54, 1.807) is 18.2 Å². The number of alkyl halides is 1. The van der Waals surface area contributed by atoms with Crippen LogP contribution in [-0.2, 0) is 4.79 Å². The third kappa shape index (κ3) is 1.82. The molecule has 1 N–H and O–H groups in total. The van der Waals surface area contributed by atoms with Gasteiger partial charge in [-0.1, -0.05) is 34.1 Å². The van der Waals surface area contributed by atoms with Gasteiger partial charge >= 0.3 is 5.97 Å². The van der Waals surface area contributed by atoms with Crippen LogP contribution in [0.25, 0.3) is 0 Å². The molecule has 0 aromatic heterocycles. The first-order valence-electron chi connectivity index (χ1n) is 3.24. The molecule has 64 valence electrons. The van der Waals surface area contributed by atoms with Gasteiger partial charge in [0.15, 0.2) is 0 Å². The molecular formula is C8H6BrFO2. The number of carbonyl (C=O) groups is 1. The fourth-order valence-corrected chi connectivity index (χ4v) is 1.30. The number of halogens is 2. The molecule has 0 aliphatic heterocycles.